The van der Waals surface area contributed by atoms with Crippen LogP contribution in [-0.4, -0.2) is 203 Å². The number of unbranched alkanes of at least 4 members (excludes halogenated alkanes) is 4. The topological polar surface area (TPSA) is 557 Å². The van der Waals surface area contributed by atoms with Gasteiger partial charge in [0, 0.05) is 12.8 Å². The first kappa shape index (κ1) is 94.2. The van der Waals surface area contributed by atoms with Gasteiger partial charge in [-0.15, -0.1) is 0 Å². The molecule has 2 aromatic rings. The van der Waals surface area contributed by atoms with Crippen molar-refractivity contribution in [2.24, 2.45) is 52.3 Å². The molecule has 2 aromatic carbocycles. The Balaban J connectivity index is 2.33. The summed E-state index contributed by atoms with van der Waals surface area (Å²) in [5.41, 5.74) is 30.2. The number of carbonyl (C=O) groups excluding carboxylic acids is 12. The second-order valence-electron chi connectivity index (χ2n) is 29.0. The van der Waals surface area contributed by atoms with Gasteiger partial charge in [-0.3, -0.25) is 57.5 Å². The predicted molar refractivity (Wildman–Crippen MR) is 404 cm³/mol. The number of phenolic OH excluding ortho intramolecular Hbond substituents is 1. The zero-order chi connectivity index (χ0) is 80.6. The third-order valence-electron chi connectivity index (χ3n) is 17.7. The molecule has 0 spiro atoms. The Labute approximate surface area is 629 Å². The molecule has 0 bridgehead atoms. The minimum atomic E-state index is -1.78. The summed E-state index contributed by atoms with van der Waals surface area (Å²) in [5, 5.41) is 62.6. The van der Waals surface area contributed by atoms with Crippen molar-refractivity contribution in [2.75, 3.05) is 26.2 Å². The SMILES string of the molecule is CC(C)C[C@H](NC(=O)[C@H](CCCCN)NC(=O)[C@H](CCCCN)NC(=O)[C@H](CCCCN)NC(=O)[C@@H](N)CCCCN)C(=O)N[C@H](C(=O)N[C@@H](C)C(=O)N[C@@H](C)C(=O)N[C@H](C(=O)N[C@@H](Cc1ccc(O)cc1)C(=O)N[C@H](C(=O)N[C@@H](CC(C)C)C(=O)N[C@@H](Cc1ccccc1)C(=O)O)C(C)C)[C@@H](C)O)C(C)C. The van der Waals surface area contributed by atoms with Crippen LogP contribution in [-0.2, 0) is 75.2 Å². The molecule has 0 heterocycles. The van der Waals surface area contributed by atoms with Crippen LogP contribution in [0.3, 0.4) is 0 Å². The molecule has 14 atom stereocenters. The van der Waals surface area contributed by atoms with E-state index in [2.05, 4.69) is 63.8 Å². The van der Waals surface area contributed by atoms with Crippen molar-refractivity contribution in [1.82, 2.24) is 63.8 Å². The average Bonchev–Trinajstić information content (AvgIpc) is 0.853. The summed E-state index contributed by atoms with van der Waals surface area (Å²) < 4.78 is 0. The van der Waals surface area contributed by atoms with E-state index < -0.39 is 173 Å². The lowest BCUT2D eigenvalue weighted by atomic mass is 9.98. The highest BCUT2D eigenvalue weighted by Crippen LogP contribution is 2.17. The highest BCUT2D eigenvalue weighted by Gasteiger charge is 2.39. The van der Waals surface area contributed by atoms with E-state index in [0.717, 1.165) is 0 Å². The van der Waals surface area contributed by atoms with Crippen molar-refractivity contribution in [3.8, 4) is 5.75 Å². The fourth-order valence-corrected chi connectivity index (χ4v) is 11.4. The van der Waals surface area contributed by atoms with Crippen molar-refractivity contribution in [3.63, 3.8) is 0 Å². The predicted octanol–water partition coefficient (Wildman–Crippen LogP) is -1.25. The number of rotatable bonds is 52. The van der Waals surface area contributed by atoms with Crippen molar-refractivity contribution in [2.45, 2.75) is 264 Å². The van der Waals surface area contributed by atoms with Gasteiger partial charge in [-0.05, 0) is 177 Å². The summed E-state index contributed by atoms with van der Waals surface area (Å²) in [7, 11) is 0. The van der Waals surface area contributed by atoms with E-state index in [9.17, 15) is 77.6 Å². The molecule has 0 fully saturated rings. The molecule has 0 aromatic heterocycles. The minimum Gasteiger partial charge on any atom is -0.508 e. The maximum atomic E-state index is 14.4. The van der Waals surface area contributed by atoms with Crippen molar-refractivity contribution in [3.05, 3.63) is 65.7 Å². The number of carboxylic acids is 1. The van der Waals surface area contributed by atoms with Gasteiger partial charge in [0.25, 0.3) is 0 Å². The quantitative estimate of drug-likeness (QED) is 0.0344. The Morgan fingerprint density at radius 1 is 0.336 bits per heavy atom. The molecule has 25 N–H and O–H groups in total. The maximum absolute atomic E-state index is 14.4. The number of amides is 12. The van der Waals surface area contributed by atoms with E-state index in [-0.39, 0.29) is 75.6 Å². The van der Waals surface area contributed by atoms with Gasteiger partial charge < -0.3 is 108 Å². The number of nitrogens with two attached hydrogens (primary N) is 5. The lowest BCUT2D eigenvalue weighted by molar-refractivity contribution is -0.142. The monoisotopic (exact) mass is 1510 g/mol. The fraction of sp³-hybridized carbons (Fsp3) is 0.662. The molecule has 0 saturated carbocycles. The second-order valence-corrected chi connectivity index (χ2v) is 29.0. The number of nitrogens with one attached hydrogen (secondary N) is 12. The Morgan fingerprint density at radius 3 is 1.06 bits per heavy atom. The third kappa shape index (κ3) is 35.6. The third-order valence-corrected chi connectivity index (χ3v) is 17.7. The molecule has 12 amide bonds. The van der Waals surface area contributed by atoms with Crippen molar-refractivity contribution in [1.29, 1.82) is 0 Å². The van der Waals surface area contributed by atoms with Crippen LogP contribution in [0.2, 0.25) is 0 Å². The van der Waals surface area contributed by atoms with Crippen LogP contribution in [0.4, 0.5) is 0 Å². The molecule has 107 heavy (non-hydrogen) atoms. The number of hydrogen-bond acceptors (Lipinski definition) is 20. The molecule has 0 aliphatic carbocycles. The van der Waals surface area contributed by atoms with E-state index in [1.54, 1.807) is 85.7 Å². The molecule has 0 saturated heterocycles. The van der Waals surface area contributed by atoms with Crippen molar-refractivity contribution >= 4 is 76.9 Å². The Morgan fingerprint density at radius 2 is 0.645 bits per heavy atom. The summed E-state index contributed by atoms with van der Waals surface area (Å²) >= 11 is 0. The van der Waals surface area contributed by atoms with Gasteiger partial charge in [0.2, 0.25) is 70.9 Å². The van der Waals surface area contributed by atoms with E-state index in [1.165, 1.54) is 45.0 Å². The van der Waals surface area contributed by atoms with E-state index in [0.29, 0.717) is 82.0 Å². The first-order chi connectivity index (χ1) is 50.5. The van der Waals surface area contributed by atoms with Crippen molar-refractivity contribution < 1.29 is 77.6 Å². The summed E-state index contributed by atoms with van der Waals surface area (Å²) in [6.07, 6.45) is 2.91. The number of phenols is 1. The number of carbonyl (C=O) groups is 13. The molecule has 0 aliphatic heterocycles. The minimum absolute atomic E-state index is 0.0464. The summed E-state index contributed by atoms with van der Waals surface area (Å²) in [6.45, 7) is 18.7. The standard InChI is InChI=1S/C74H125N17O16/c1-41(2)37-55(68(100)88-58(74(106)107)40-48-23-13-12-14-24-48)86-72(104)60(44(7)8)90-70(102)57(39-49-29-31-50(93)32-30-49)87-73(105)61(47(11)92)91-63(95)46(10)80-62(94)45(9)81-71(103)59(43(5)6)89-69(101)56(38-42(3)4)85-67(99)54(28-18-22-36-78)84-66(98)53(27-17-21-35-77)83-65(97)52(26-16-20-34-76)82-64(96)51(79)25-15-19-33-75/h12-14,23-24,29-32,41-47,51-61,92-93H,15-22,25-28,33-40,75-79H2,1-11H3,(H,80,94)(H,81,103)(H,82,96)(H,83,97)(H,84,98)(H,85,99)(H,86,104)(H,87,105)(H,88,100)(H,89,101)(H,90,102)(H,91,95)(H,106,107)/t45-,46-,47+,51-,52-,53-,54-,55-,56-,57-,58-,59-,60-,61-/m0/s1. The Bertz CT molecular complexity index is 3140. The van der Waals surface area contributed by atoms with Gasteiger partial charge in [-0.1, -0.05) is 104 Å². The largest absolute Gasteiger partial charge is 0.508 e. The second kappa shape index (κ2) is 49.9. The first-order valence-electron chi connectivity index (χ1n) is 37.4. The number of hydrogen-bond donors (Lipinski definition) is 20. The molecule has 602 valence electrons. The van der Waals surface area contributed by atoms with Gasteiger partial charge in [0.15, 0.2) is 0 Å². The number of benzene rings is 2. The fourth-order valence-electron chi connectivity index (χ4n) is 11.4. The van der Waals surface area contributed by atoms with Gasteiger partial charge in [-0.25, -0.2) is 4.79 Å². The van der Waals surface area contributed by atoms with E-state index in [1.807, 2.05) is 0 Å². The molecular weight excluding hydrogens is 1380 g/mol. The van der Waals surface area contributed by atoms with Crippen LogP contribution in [0.5, 0.6) is 5.75 Å². The Hall–Kier alpha value is -8.89. The van der Waals surface area contributed by atoms with Crippen LogP contribution in [0.15, 0.2) is 54.6 Å². The van der Waals surface area contributed by atoms with Crippen LogP contribution in [0.1, 0.15) is 177 Å². The Kier molecular flexibility index (Phi) is 43.9. The van der Waals surface area contributed by atoms with Gasteiger partial charge in [0.05, 0.1) is 12.1 Å². The van der Waals surface area contributed by atoms with Crippen LogP contribution < -0.4 is 92.5 Å². The average molecular weight is 1510 g/mol. The van der Waals surface area contributed by atoms with Crippen LogP contribution in [0.25, 0.3) is 0 Å². The van der Waals surface area contributed by atoms with E-state index >= 15 is 0 Å². The van der Waals surface area contributed by atoms with Gasteiger partial charge in [0.1, 0.15) is 78.3 Å². The highest BCUT2D eigenvalue weighted by molar-refractivity contribution is 6.00. The number of carboxylic acid groups (broad SMARTS) is 1. The van der Waals surface area contributed by atoms with Crippen LogP contribution >= 0.6 is 0 Å². The number of aliphatic carboxylic acids is 1. The number of aliphatic hydroxyl groups excluding tert-OH is 1. The summed E-state index contributed by atoms with van der Waals surface area (Å²) in [5.74, 6) is -12.8. The molecule has 2 rings (SSSR count). The first-order valence-corrected chi connectivity index (χ1v) is 37.4. The zero-order valence-corrected chi connectivity index (χ0v) is 64.3. The van der Waals surface area contributed by atoms with Crippen LogP contribution in [0, 0.1) is 23.7 Å². The number of aromatic hydroxyl groups is 1. The lowest BCUT2D eigenvalue weighted by Gasteiger charge is -2.29. The molecule has 33 nitrogen and oxygen atoms in total. The molecule has 33 heteroatoms. The molecule has 0 aliphatic rings. The van der Waals surface area contributed by atoms with E-state index in [4.69, 9.17) is 28.7 Å². The molecular formula is C74H125N17O16. The highest BCUT2D eigenvalue weighted by atomic mass is 16.4. The lowest BCUT2D eigenvalue weighted by Crippen LogP contribution is -2.62. The molecule has 0 radical (unpaired) electrons. The smallest absolute Gasteiger partial charge is 0.326 e. The maximum Gasteiger partial charge on any atom is 0.326 e. The normalized spacial score (nSPS) is 15.3. The summed E-state index contributed by atoms with van der Waals surface area (Å²) in [6, 6.07) is -2.88. The van der Waals surface area contributed by atoms with Gasteiger partial charge in [-0.2, -0.15) is 0 Å². The zero-order valence-electron chi connectivity index (χ0n) is 64.3. The van der Waals surface area contributed by atoms with Gasteiger partial charge >= 0.3 is 5.97 Å². The summed E-state index contributed by atoms with van der Waals surface area (Å²) in [4.78, 5) is 181. The molecule has 0 unspecified atom stereocenters. The number of aliphatic hydroxyl groups is 1.